The summed E-state index contributed by atoms with van der Waals surface area (Å²) in [6, 6.07) is 0.209. The zero-order valence-electron chi connectivity index (χ0n) is 7.28. The molecule has 0 aromatic rings. The van der Waals surface area contributed by atoms with Crippen molar-refractivity contribution in [2.24, 2.45) is 11.0 Å². The average Bonchev–Trinajstić information content (AvgIpc) is 2.53. The van der Waals surface area contributed by atoms with E-state index in [1.54, 1.807) is 16.8 Å². The number of carbonyl (C=O) groups is 1. The highest BCUT2D eigenvalue weighted by Crippen LogP contribution is 2.29. The molecule has 1 atom stereocenters. The van der Waals surface area contributed by atoms with Gasteiger partial charge in [0.25, 0.3) is 5.91 Å². The molecule has 0 aromatic carbocycles. The van der Waals surface area contributed by atoms with E-state index in [9.17, 15) is 4.79 Å². The fraction of sp³-hybridized carbons (Fsp3) is 0.750. The molecule has 0 aliphatic carbocycles. The molecule has 0 saturated carbocycles. The number of hydrazone groups is 1. The molecule has 66 valence electrons. The second kappa shape index (κ2) is 2.76. The van der Waals surface area contributed by atoms with E-state index in [4.69, 9.17) is 0 Å². The van der Waals surface area contributed by atoms with Gasteiger partial charge >= 0.3 is 0 Å². The van der Waals surface area contributed by atoms with Crippen LogP contribution in [0.3, 0.4) is 0 Å². The zero-order chi connectivity index (χ0) is 8.72. The van der Waals surface area contributed by atoms with Crippen LogP contribution in [0, 0.1) is 5.92 Å². The van der Waals surface area contributed by atoms with Crippen LogP contribution in [-0.4, -0.2) is 34.2 Å². The maximum atomic E-state index is 11.6. The molecular formula is C8H12N2OS. The molecule has 2 aliphatic heterocycles. The fourth-order valence-electron chi connectivity index (χ4n) is 1.51. The Balaban J connectivity index is 2.22. The number of fused-ring (bicyclic) bond motifs is 1. The number of thioether (sulfide) groups is 1. The van der Waals surface area contributed by atoms with Crippen molar-refractivity contribution in [3.8, 4) is 0 Å². The number of rotatable bonds is 1. The molecule has 1 fully saturated rings. The Morgan fingerprint density at radius 3 is 3.00 bits per heavy atom. The average molecular weight is 184 g/mol. The van der Waals surface area contributed by atoms with Crippen LogP contribution in [0.15, 0.2) is 5.10 Å². The predicted molar refractivity (Wildman–Crippen MR) is 50.2 cm³/mol. The summed E-state index contributed by atoms with van der Waals surface area (Å²) >= 11 is 1.81. The molecule has 2 aliphatic rings. The van der Waals surface area contributed by atoms with Gasteiger partial charge in [-0.25, -0.2) is 5.01 Å². The SMILES string of the molecule is CC(C)N1N=C2CSCC2C1=O. The third kappa shape index (κ3) is 1.05. The van der Waals surface area contributed by atoms with E-state index >= 15 is 0 Å². The minimum atomic E-state index is 0.109. The van der Waals surface area contributed by atoms with Crippen LogP contribution in [0.2, 0.25) is 0 Å². The first-order chi connectivity index (χ1) is 5.70. The number of carbonyl (C=O) groups excluding carboxylic acids is 1. The first kappa shape index (κ1) is 8.10. The van der Waals surface area contributed by atoms with Crippen LogP contribution in [-0.2, 0) is 4.79 Å². The lowest BCUT2D eigenvalue weighted by molar-refractivity contribution is -0.132. The lowest BCUT2D eigenvalue weighted by Crippen LogP contribution is -2.32. The van der Waals surface area contributed by atoms with Crippen molar-refractivity contribution in [1.29, 1.82) is 0 Å². The fourth-order valence-corrected chi connectivity index (χ4v) is 2.66. The highest BCUT2D eigenvalue weighted by molar-refractivity contribution is 8.00. The number of hydrogen-bond donors (Lipinski definition) is 0. The maximum absolute atomic E-state index is 11.6. The van der Waals surface area contributed by atoms with E-state index in [2.05, 4.69) is 5.10 Å². The Labute approximate surface area is 76.2 Å². The minimum absolute atomic E-state index is 0.109. The first-order valence-electron chi connectivity index (χ1n) is 4.18. The quantitative estimate of drug-likeness (QED) is 0.608. The molecule has 1 amide bonds. The second-order valence-corrected chi connectivity index (χ2v) is 4.47. The van der Waals surface area contributed by atoms with Gasteiger partial charge in [0.15, 0.2) is 0 Å². The molecule has 0 radical (unpaired) electrons. The molecule has 1 saturated heterocycles. The summed E-state index contributed by atoms with van der Waals surface area (Å²) in [5.74, 6) is 2.18. The van der Waals surface area contributed by atoms with Crippen LogP contribution >= 0.6 is 11.8 Å². The highest BCUT2D eigenvalue weighted by atomic mass is 32.2. The van der Waals surface area contributed by atoms with Gasteiger partial charge in [-0.1, -0.05) is 0 Å². The molecule has 0 bridgehead atoms. The van der Waals surface area contributed by atoms with Crippen molar-refractivity contribution in [2.75, 3.05) is 11.5 Å². The van der Waals surface area contributed by atoms with E-state index in [-0.39, 0.29) is 17.9 Å². The molecule has 1 unspecified atom stereocenters. The summed E-state index contributed by atoms with van der Waals surface area (Å²) in [6.07, 6.45) is 0. The number of hydrogen-bond acceptors (Lipinski definition) is 3. The van der Waals surface area contributed by atoms with Crippen LogP contribution in [0.25, 0.3) is 0 Å². The third-order valence-corrected chi connectivity index (χ3v) is 3.25. The largest absolute Gasteiger partial charge is 0.272 e. The van der Waals surface area contributed by atoms with Gasteiger partial charge in [0.2, 0.25) is 0 Å². The molecule has 0 N–H and O–H groups in total. The van der Waals surface area contributed by atoms with Crippen molar-refractivity contribution < 1.29 is 4.79 Å². The Kier molecular flexibility index (Phi) is 1.87. The molecule has 12 heavy (non-hydrogen) atoms. The Morgan fingerprint density at radius 2 is 2.42 bits per heavy atom. The number of nitrogens with zero attached hydrogens (tertiary/aromatic N) is 2. The van der Waals surface area contributed by atoms with E-state index in [1.807, 2.05) is 13.8 Å². The van der Waals surface area contributed by atoms with Crippen molar-refractivity contribution in [3.63, 3.8) is 0 Å². The van der Waals surface area contributed by atoms with Crippen molar-refractivity contribution >= 4 is 23.4 Å². The second-order valence-electron chi connectivity index (χ2n) is 3.44. The summed E-state index contributed by atoms with van der Waals surface area (Å²) in [5.41, 5.74) is 1.08. The zero-order valence-corrected chi connectivity index (χ0v) is 8.10. The van der Waals surface area contributed by atoms with Gasteiger partial charge in [-0.2, -0.15) is 16.9 Å². The van der Waals surface area contributed by atoms with Crippen molar-refractivity contribution in [1.82, 2.24) is 5.01 Å². The van der Waals surface area contributed by atoms with Crippen LogP contribution < -0.4 is 0 Å². The van der Waals surface area contributed by atoms with Crippen LogP contribution in [0.1, 0.15) is 13.8 Å². The van der Waals surface area contributed by atoms with E-state index in [0.717, 1.165) is 17.2 Å². The normalized spacial score (nSPS) is 28.2. The summed E-state index contributed by atoms with van der Waals surface area (Å²) in [4.78, 5) is 11.6. The minimum Gasteiger partial charge on any atom is -0.272 e. The molecule has 0 spiro atoms. The van der Waals surface area contributed by atoms with Crippen molar-refractivity contribution in [3.05, 3.63) is 0 Å². The Morgan fingerprint density at radius 1 is 1.67 bits per heavy atom. The van der Waals surface area contributed by atoms with E-state index < -0.39 is 0 Å². The summed E-state index contributed by atoms with van der Waals surface area (Å²) in [6.45, 7) is 3.99. The Bertz CT molecular complexity index is 249. The highest BCUT2D eigenvalue weighted by Gasteiger charge is 2.39. The molecule has 4 heteroatoms. The maximum Gasteiger partial charge on any atom is 0.252 e. The van der Waals surface area contributed by atoms with Gasteiger partial charge in [-0.15, -0.1) is 0 Å². The lowest BCUT2D eigenvalue weighted by Gasteiger charge is -2.17. The van der Waals surface area contributed by atoms with E-state index in [0.29, 0.717) is 0 Å². The standard InChI is InChI=1S/C8H12N2OS/c1-5(2)10-8(11)6-3-12-4-7(6)9-10/h5-6H,3-4H2,1-2H3. The first-order valence-corrected chi connectivity index (χ1v) is 5.34. The van der Waals surface area contributed by atoms with Crippen LogP contribution in [0.5, 0.6) is 0 Å². The van der Waals surface area contributed by atoms with E-state index in [1.165, 1.54) is 0 Å². The monoisotopic (exact) mass is 184 g/mol. The predicted octanol–water partition coefficient (Wildman–Crippen LogP) is 0.956. The van der Waals surface area contributed by atoms with Gasteiger partial charge in [-0.3, -0.25) is 4.79 Å². The van der Waals surface area contributed by atoms with Crippen LogP contribution in [0.4, 0.5) is 0 Å². The smallest absolute Gasteiger partial charge is 0.252 e. The van der Waals surface area contributed by atoms with Gasteiger partial charge in [0, 0.05) is 17.5 Å². The van der Waals surface area contributed by atoms with Gasteiger partial charge in [-0.05, 0) is 13.8 Å². The lowest BCUT2D eigenvalue weighted by atomic mass is 10.1. The summed E-state index contributed by atoms with van der Waals surface area (Å²) < 4.78 is 0. The Hall–Kier alpha value is -0.510. The summed E-state index contributed by atoms with van der Waals surface area (Å²) in [5, 5.41) is 5.93. The molecule has 2 rings (SSSR count). The van der Waals surface area contributed by atoms with Crippen molar-refractivity contribution in [2.45, 2.75) is 19.9 Å². The molecular weight excluding hydrogens is 172 g/mol. The molecule has 2 heterocycles. The third-order valence-electron chi connectivity index (χ3n) is 2.19. The van der Waals surface area contributed by atoms with Gasteiger partial charge < -0.3 is 0 Å². The molecule has 0 aromatic heterocycles. The number of amides is 1. The van der Waals surface area contributed by atoms with Gasteiger partial charge in [0.1, 0.15) is 0 Å². The van der Waals surface area contributed by atoms with Gasteiger partial charge in [0.05, 0.1) is 11.6 Å². The molecule has 3 nitrogen and oxygen atoms in total. The summed E-state index contributed by atoms with van der Waals surface area (Å²) in [7, 11) is 0. The topological polar surface area (TPSA) is 32.7 Å².